The average molecular weight is 543 g/mol. The van der Waals surface area contributed by atoms with E-state index in [2.05, 4.69) is 5.32 Å². The summed E-state index contributed by atoms with van der Waals surface area (Å²) < 4.78 is 27.4. The number of benzene rings is 3. The molecule has 1 aliphatic rings. The van der Waals surface area contributed by atoms with Gasteiger partial charge in [-0.05, 0) is 66.1 Å². The highest BCUT2D eigenvalue weighted by Gasteiger charge is 2.26. The van der Waals surface area contributed by atoms with Gasteiger partial charge in [-0.2, -0.15) is 0 Å². The lowest BCUT2D eigenvalue weighted by Gasteiger charge is -2.29. The highest BCUT2D eigenvalue weighted by atomic mass is 16.5. The van der Waals surface area contributed by atoms with Crippen molar-refractivity contribution >= 4 is 17.5 Å². The van der Waals surface area contributed by atoms with Crippen molar-refractivity contribution < 1.29 is 33.0 Å². The molecule has 40 heavy (non-hydrogen) atoms. The summed E-state index contributed by atoms with van der Waals surface area (Å²) in [5, 5.41) is 2.89. The third kappa shape index (κ3) is 5.31. The fourth-order valence-corrected chi connectivity index (χ4v) is 4.76. The fraction of sp³-hybridized carbons (Fsp3) is 0.226. The van der Waals surface area contributed by atoms with E-state index in [1.807, 2.05) is 24.3 Å². The summed E-state index contributed by atoms with van der Waals surface area (Å²) in [7, 11) is 6.25. The Bertz CT molecular complexity index is 1560. The van der Waals surface area contributed by atoms with Gasteiger partial charge in [0.25, 0.3) is 11.8 Å². The molecule has 0 radical (unpaired) electrons. The highest BCUT2D eigenvalue weighted by molar-refractivity contribution is 6.06. The zero-order chi connectivity index (χ0) is 28.2. The van der Waals surface area contributed by atoms with Crippen molar-refractivity contribution in [3.63, 3.8) is 0 Å². The molecular weight excluding hydrogens is 512 g/mol. The Balaban J connectivity index is 1.30. The number of carbonyl (C=O) groups excluding carboxylic acids is 2. The summed E-state index contributed by atoms with van der Waals surface area (Å²) in [6.45, 7) is 1.01. The lowest BCUT2D eigenvalue weighted by atomic mass is 9.98. The average Bonchev–Trinajstić information content (AvgIpc) is 3.50. The van der Waals surface area contributed by atoms with Gasteiger partial charge >= 0.3 is 0 Å². The van der Waals surface area contributed by atoms with Gasteiger partial charge in [-0.1, -0.05) is 12.1 Å². The minimum Gasteiger partial charge on any atom is -0.497 e. The van der Waals surface area contributed by atoms with Crippen molar-refractivity contribution in [2.75, 3.05) is 40.3 Å². The predicted octanol–water partition coefficient (Wildman–Crippen LogP) is 5.43. The second-order valence-corrected chi connectivity index (χ2v) is 9.22. The Morgan fingerprint density at radius 3 is 2.27 bits per heavy atom. The Hall–Kier alpha value is -4.92. The number of amides is 2. The number of fused-ring (bicyclic) bond motifs is 1. The van der Waals surface area contributed by atoms with Crippen LogP contribution in [0.3, 0.4) is 0 Å². The number of ether oxygens (including phenoxy) is 4. The van der Waals surface area contributed by atoms with Crippen LogP contribution in [0.2, 0.25) is 0 Å². The van der Waals surface area contributed by atoms with Gasteiger partial charge in [-0.15, -0.1) is 0 Å². The molecule has 0 aliphatic carbocycles. The van der Waals surface area contributed by atoms with Gasteiger partial charge in [0.2, 0.25) is 0 Å². The monoisotopic (exact) mass is 542 g/mol. The first-order valence-electron chi connectivity index (χ1n) is 12.7. The van der Waals surface area contributed by atoms with E-state index >= 15 is 0 Å². The molecule has 0 unspecified atom stereocenters. The lowest BCUT2D eigenvalue weighted by molar-refractivity contribution is 0.0703. The molecule has 1 aromatic heterocycles. The van der Waals surface area contributed by atoms with E-state index in [-0.39, 0.29) is 17.6 Å². The molecule has 0 spiro atoms. The van der Waals surface area contributed by atoms with Gasteiger partial charge in [-0.3, -0.25) is 9.59 Å². The van der Waals surface area contributed by atoms with E-state index in [1.54, 1.807) is 68.7 Å². The number of hydrogen-bond acceptors (Lipinski definition) is 7. The van der Waals surface area contributed by atoms with Crippen LogP contribution in [0, 0.1) is 0 Å². The van der Waals surface area contributed by atoms with Crippen LogP contribution in [0.4, 0.5) is 5.69 Å². The number of nitrogens with zero attached hydrogens (tertiary/aromatic N) is 1. The molecule has 2 heterocycles. The maximum Gasteiger partial charge on any atom is 0.289 e. The molecule has 0 saturated carbocycles. The van der Waals surface area contributed by atoms with Crippen LogP contribution in [-0.4, -0.2) is 51.7 Å². The Kier molecular flexibility index (Phi) is 7.63. The van der Waals surface area contributed by atoms with E-state index in [4.69, 9.17) is 23.4 Å². The minimum atomic E-state index is -0.327. The van der Waals surface area contributed by atoms with Crippen molar-refractivity contribution in [2.45, 2.75) is 13.0 Å². The number of methoxy groups -OCH3 is 4. The summed E-state index contributed by atoms with van der Waals surface area (Å²) in [6.07, 6.45) is 0.704. The summed E-state index contributed by atoms with van der Waals surface area (Å²) in [4.78, 5) is 28.0. The molecule has 206 valence electrons. The van der Waals surface area contributed by atoms with E-state index in [1.165, 1.54) is 7.11 Å². The molecule has 0 atom stereocenters. The van der Waals surface area contributed by atoms with Crippen LogP contribution in [0.15, 0.2) is 71.1 Å². The van der Waals surface area contributed by atoms with E-state index in [0.717, 1.165) is 16.7 Å². The third-order valence-corrected chi connectivity index (χ3v) is 6.88. The molecular formula is C31H30N2O7. The van der Waals surface area contributed by atoms with E-state index in [9.17, 15) is 9.59 Å². The molecule has 1 aliphatic heterocycles. The molecule has 3 aromatic carbocycles. The number of furan rings is 1. The van der Waals surface area contributed by atoms with Crippen LogP contribution in [0.25, 0.3) is 11.3 Å². The molecule has 4 aromatic rings. The van der Waals surface area contributed by atoms with E-state index < -0.39 is 0 Å². The molecule has 9 heteroatoms. The number of anilines is 1. The standard InChI is InChI=1S/C31H30N2O7/c1-36-23-8-9-24(27(17-23)37-2)30(34)32-22-7-5-6-20(14-22)25-10-11-26(40-25)31(35)33-13-12-19-15-28(38-3)29(39-4)16-21(19)18-33/h5-11,14-17H,12-13,18H2,1-4H3,(H,32,34). The minimum absolute atomic E-state index is 0.192. The van der Waals surface area contributed by atoms with Crippen LogP contribution in [0.1, 0.15) is 32.0 Å². The quantitative estimate of drug-likeness (QED) is 0.317. The Labute approximate surface area is 232 Å². The van der Waals surface area contributed by atoms with Gasteiger partial charge < -0.3 is 33.6 Å². The SMILES string of the molecule is COc1ccc(C(=O)Nc2cccc(-c3ccc(C(=O)N4CCc5cc(OC)c(OC)cc5C4)o3)c2)c(OC)c1. The molecule has 5 rings (SSSR count). The number of nitrogens with one attached hydrogen (secondary N) is 1. The summed E-state index contributed by atoms with van der Waals surface area (Å²) in [5.41, 5.74) is 3.81. The van der Waals surface area contributed by atoms with Crippen molar-refractivity contribution in [1.29, 1.82) is 0 Å². The summed E-state index contributed by atoms with van der Waals surface area (Å²) in [6, 6.07) is 19.6. The van der Waals surface area contributed by atoms with Crippen LogP contribution < -0.4 is 24.3 Å². The lowest BCUT2D eigenvalue weighted by Crippen LogP contribution is -2.35. The summed E-state index contributed by atoms with van der Waals surface area (Å²) in [5.74, 6) is 2.55. The molecule has 0 saturated heterocycles. The maximum absolute atomic E-state index is 13.3. The van der Waals surface area contributed by atoms with Gasteiger partial charge in [0, 0.05) is 30.4 Å². The summed E-state index contributed by atoms with van der Waals surface area (Å²) >= 11 is 0. The first-order valence-corrected chi connectivity index (χ1v) is 12.7. The van der Waals surface area contributed by atoms with Crippen molar-refractivity contribution in [1.82, 2.24) is 4.90 Å². The second-order valence-electron chi connectivity index (χ2n) is 9.22. The van der Waals surface area contributed by atoms with Gasteiger partial charge in [0.05, 0.1) is 34.0 Å². The van der Waals surface area contributed by atoms with Crippen LogP contribution in [0.5, 0.6) is 23.0 Å². The molecule has 0 bridgehead atoms. The van der Waals surface area contributed by atoms with Crippen LogP contribution in [-0.2, 0) is 13.0 Å². The first kappa shape index (κ1) is 26.7. The van der Waals surface area contributed by atoms with E-state index in [0.29, 0.717) is 59.5 Å². The number of hydrogen-bond donors (Lipinski definition) is 1. The number of rotatable bonds is 8. The smallest absolute Gasteiger partial charge is 0.289 e. The number of carbonyl (C=O) groups is 2. The van der Waals surface area contributed by atoms with Crippen molar-refractivity contribution in [3.8, 4) is 34.3 Å². The molecule has 2 amide bonds. The predicted molar refractivity (Wildman–Crippen MR) is 150 cm³/mol. The maximum atomic E-state index is 13.3. The van der Waals surface area contributed by atoms with Gasteiger partial charge in [0.1, 0.15) is 17.3 Å². The van der Waals surface area contributed by atoms with Gasteiger partial charge in [0.15, 0.2) is 17.3 Å². The molecule has 9 nitrogen and oxygen atoms in total. The van der Waals surface area contributed by atoms with Crippen molar-refractivity contribution in [3.05, 3.63) is 89.2 Å². The zero-order valence-corrected chi connectivity index (χ0v) is 22.8. The normalized spacial score (nSPS) is 12.3. The Morgan fingerprint density at radius 1 is 0.800 bits per heavy atom. The van der Waals surface area contributed by atoms with Crippen LogP contribution >= 0.6 is 0 Å². The molecule has 1 N–H and O–H groups in total. The third-order valence-electron chi connectivity index (χ3n) is 6.88. The molecule has 0 fully saturated rings. The zero-order valence-electron chi connectivity index (χ0n) is 22.8. The highest BCUT2D eigenvalue weighted by Crippen LogP contribution is 2.34. The fourth-order valence-electron chi connectivity index (χ4n) is 4.76. The van der Waals surface area contributed by atoms with Crippen molar-refractivity contribution in [2.24, 2.45) is 0 Å². The Morgan fingerprint density at radius 2 is 1.55 bits per heavy atom. The topological polar surface area (TPSA) is 99.5 Å². The largest absolute Gasteiger partial charge is 0.497 e. The van der Waals surface area contributed by atoms with Gasteiger partial charge in [-0.25, -0.2) is 0 Å². The second kappa shape index (κ2) is 11.4. The first-order chi connectivity index (χ1) is 19.4.